The Hall–Kier alpha value is -3.95. The molecule has 2 aromatic carbocycles. The van der Waals surface area contributed by atoms with Gasteiger partial charge in [-0.15, -0.1) is 0 Å². The summed E-state index contributed by atoms with van der Waals surface area (Å²) in [5, 5.41) is 0. The van der Waals surface area contributed by atoms with Crippen LogP contribution in [-0.4, -0.2) is 64.7 Å². The van der Waals surface area contributed by atoms with Crippen LogP contribution in [0.2, 0.25) is 0 Å². The van der Waals surface area contributed by atoms with Crippen molar-refractivity contribution in [1.82, 2.24) is 0 Å². The zero-order valence-electron chi connectivity index (χ0n) is 22.6. The Kier molecular flexibility index (Phi) is 14.7. The Bertz CT molecular complexity index is 1070. The molecular weight excluding hydrogens is 504 g/mol. The maximum absolute atomic E-state index is 12.2. The fourth-order valence-electron chi connectivity index (χ4n) is 2.91. The Morgan fingerprint density at radius 1 is 0.718 bits per heavy atom. The summed E-state index contributed by atoms with van der Waals surface area (Å²) in [6.45, 7) is 5.57. The number of carbonyl (C=O) groups excluding carboxylic acids is 3. The summed E-state index contributed by atoms with van der Waals surface area (Å²) < 4.78 is 31.2. The number of carbonyl (C=O) groups is 3. The topological polar surface area (TPSA) is 107 Å². The molecule has 0 bridgehead atoms. The van der Waals surface area contributed by atoms with E-state index in [2.05, 4.69) is 0 Å². The van der Waals surface area contributed by atoms with Gasteiger partial charge in [-0.2, -0.15) is 0 Å². The number of rotatable bonds is 17. The smallest absolute Gasteiger partial charge is 0.336 e. The first-order valence-electron chi connectivity index (χ1n) is 12.7. The molecule has 0 spiro atoms. The lowest BCUT2D eigenvalue weighted by atomic mass is 10.1. The third-order valence-corrected chi connectivity index (χ3v) is 5.32. The maximum Gasteiger partial charge on any atom is 0.336 e. The van der Waals surface area contributed by atoms with Crippen LogP contribution < -0.4 is 9.47 Å². The van der Waals surface area contributed by atoms with Gasteiger partial charge < -0.3 is 28.4 Å². The zero-order valence-corrected chi connectivity index (χ0v) is 22.6. The molecule has 0 aromatic heterocycles. The number of methoxy groups -OCH3 is 1. The first-order valence-corrected chi connectivity index (χ1v) is 12.7. The summed E-state index contributed by atoms with van der Waals surface area (Å²) in [7, 11) is 1.53. The summed E-state index contributed by atoms with van der Waals surface area (Å²) in [6.07, 6.45) is 6.65. The van der Waals surface area contributed by atoms with Gasteiger partial charge in [0.25, 0.3) is 0 Å². The summed E-state index contributed by atoms with van der Waals surface area (Å²) >= 11 is 0. The second kappa shape index (κ2) is 18.3. The molecule has 1 atom stereocenters. The second-order valence-electron chi connectivity index (χ2n) is 8.32. The molecule has 0 fully saturated rings. The predicted octanol–water partition coefficient (Wildman–Crippen LogP) is 4.49. The van der Waals surface area contributed by atoms with Gasteiger partial charge in [0.2, 0.25) is 0 Å². The first kappa shape index (κ1) is 31.3. The molecule has 210 valence electrons. The summed E-state index contributed by atoms with van der Waals surface area (Å²) in [5.74, 6) is -0.252. The summed E-state index contributed by atoms with van der Waals surface area (Å²) in [4.78, 5) is 35.3. The van der Waals surface area contributed by atoms with Crippen LogP contribution in [-0.2, 0) is 33.3 Å². The van der Waals surface area contributed by atoms with Crippen molar-refractivity contribution in [2.75, 3.05) is 46.8 Å². The van der Waals surface area contributed by atoms with Gasteiger partial charge in [-0.3, -0.25) is 4.79 Å². The quantitative estimate of drug-likeness (QED) is 0.124. The first-order chi connectivity index (χ1) is 18.9. The van der Waals surface area contributed by atoms with E-state index in [4.69, 9.17) is 28.4 Å². The minimum Gasteiger partial charge on any atom is -0.491 e. The minimum atomic E-state index is -0.521. The largest absolute Gasteiger partial charge is 0.491 e. The molecular formula is C30H36O9. The van der Waals surface area contributed by atoms with Crippen molar-refractivity contribution in [2.24, 2.45) is 5.92 Å². The van der Waals surface area contributed by atoms with Crippen LogP contribution in [0.25, 0.3) is 12.2 Å². The van der Waals surface area contributed by atoms with Crippen molar-refractivity contribution < 1.29 is 42.8 Å². The van der Waals surface area contributed by atoms with Crippen LogP contribution in [0, 0.1) is 5.92 Å². The van der Waals surface area contributed by atoms with Gasteiger partial charge in [-0.1, -0.05) is 38.1 Å². The minimum absolute atomic E-state index is 0.102. The van der Waals surface area contributed by atoms with E-state index in [1.54, 1.807) is 48.6 Å². The van der Waals surface area contributed by atoms with E-state index in [-0.39, 0.29) is 25.1 Å². The SMILES string of the molecule is CCC(C)C(=O)OCCOCCOc1ccc(/C=C/C(=O)Oc2ccc(/C=C/C(=O)OCCOC)cc2)cc1. The lowest BCUT2D eigenvalue weighted by Crippen LogP contribution is -2.18. The number of hydrogen-bond acceptors (Lipinski definition) is 9. The average molecular weight is 541 g/mol. The monoisotopic (exact) mass is 540 g/mol. The van der Waals surface area contributed by atoms with Gasteiger partial charge in [0, 0.05) is 19.3 Å². The van der Waals surface area contributed by atoms with E-state index in [0.29, 0.717) is 37.9 Å². The van der Waals surface area contributed by atoms with Gasteiger partial charge in [-0.25, -0.2) is 9.59 Å². The van der Waals surface area contributed by atoms with Gasteiger partial charge >= 0.3 is 17.9 Å². The molecule has 0 saturated carbocycles. The molecule has 0 aliphatic rings. The van der Waals surface area contributed by atoms with Crippen LogP contribution >= 0.6 is 0 Å². The molecule has 0 aliphatic heterocycles. The molecule has 9 heteroatoms. The molecule has 1 unspecified atom stereocenters. The van der Waals surface area contributed by atoms with Crippen molar-refractivity contribution in [3.05, 3.63) is 71.8 Å². The summed E-state index contributed by atoms with van der Waals surface area (Å²) in [6, 6.07) is 13.9. The molecule has 9 nitrogen and oxygen atoms in total. The maximum atomic E-state index is 12.2. The van der Waals surface area contributed by atoms with E-state index < -0.39 is 11.9 Å². The standard InChI is InChI=1S/C30H36O9/c1-4-23(2)30(33)38-22-19-35-18-21-36-26-11-5-24(6-12-26)10-16-29(32)39-27-13-7-25(8-14-27)9-15-28(31)37-20-17-34-3/h5-16,23H,4,17-22H2,1-3H3/b15-9+,16-10+. The van der Waals surface area contributed by atoms with E-state index in [9.17, 15) is 14.4 Å². The van der Waals surface area contributed by atoms with Crippen LogP contribution in [0.15, 0.2) is 60.7 Å². The van der Waals surface area contributed by atoms with Crippen molar-refractivity contribution in [2.45, 2.75) is 20.3 Å². The van der Waals surface area contributed by atoms with Gasteiger partial charge in [0.05, 0.1) is 25.7 Å². The average Bonchev–Trinajstić information content (AvgIpc) is 2.95. The fraction of sp³-hybridized carbons (Fsp3) is 0.367. The number of ether oxygens (including phenoxy) is 6. The highest BCUT2D eigenvalue weighted by Gasteiger charge is 2.11. The van der Waals surface area contributed by atoms with Gasteiger partial charge in [0.15, 0.2) is 0 Å². The van der Waals surface area contributed by atoms with Gasteiger partial charge in [-0.05, 0) is 54.0 Å². The van der Waals surface area contributed by atoms with Gasteiger partial charge in [0.1, 0.15) is 31.3 Å². The Morgan fingerprint density at radius 2 is 1.28 bits per heavy atom. The predicted molar refractivity (Wildman–Crippen MR) is 146 cm³/mol. The van der Waals surface area contributed by atoms with E-state index >= 15 is 0 Å². The highest BCUT2D eigenvalue weighted by atomic mass is 16.6. The van der Waals surface area contributed by atoms with Crippen LogP contribution in [0.3, 0.4) is 0 Å². The molecule has 2 aromatic rings. The van der Waals surface area contributed by atoms with Crippen molar-refractivity contribution in [3.8, 4) is 11.5 Å². The molecule has 2 rings (SSSR count). The molecule has 0 amide bonds. The summed E-state index contributed by atoms with van der Waals surface area (Å²) in [5.41, 5.74) is 1.56. The van der Waals surface area contributed by atoms with Crippen LogP contribution in [0.4, 0.5) is 0 Å². The zero-order chi connectivity index (χ0) is 28.3. The van der Waals surface area contributed by atoms with E-state index in [1.807, 2.05) is 26.0 Å². The molecule has 0 heterocycles. The Balaban J connectivity index is 1.66. The molecule has 0 aliphatic carbocycles. The van der Waals surface area contributed by atoms with E-state index in [0.717, 1.165) is 17.5 Å². The molecule has 0 N–H and O–H groups in total. The number of esters is 3. The van der Waals surface area contributed by atoms with Crippen molar-refractivity contribution in [1.29, 1.82) is 0 Å². The third-order valence-electron chi connectivity index (χ3n) is 5.32. The number of hydrogen-bond donors (Lipinski definition) is 0. The van der Waals surface area contributed by atoms with Crippen LogP contribution in [0.5, 0.6) is 11.5 Å². The highest BCUT2D eigenvalue weighted by molar-refractivity contribution is 5.89. The molecule has 0 radical (unpaired) electrons. The van der Waals surface area contributed by atoms with Crippen LogP contribution in [0.1, 0.15) is 31.4 Å². The van der Waals surface area contributed by atoms with Crippen molar-refractivity contribution in [3.63, 3.8) is 0 Å². The second-order valence-corrected chi connectivity index (χ2v) is 8.32. The highest BCUT2D eigenvalue weighted by Crippen LogP contribution is 2.15. The van der Waals surface area contributed by atoms with E-state index in [1.165, 1.54) is 19.3 Å². The Morgan fingerprint density at radius 3 is 1.90 bits per heavy atom. The third kappa shape index (κ3) is 13.4. The Labute approximate surface area is 229 Å². The number of benzene rings is 2. The lowest BCUT2D eigenvalue weighted by molar-refractivity contribution is -0.149. The molecule has 0 saturated heterocycles. The van der Waals surface area contributed by atoms with Crippen molar-refractivity contribution >= 4 is 30.1 Å². The lowest BCUT2D eigenvalue weighted by Gasteiger charge is -2.10. The normalized spacial score (nSPS) is 11.9. The molecule has 39 heavy (non-hydrogen) atoms. The fourth-order valence-corrected chi connectivity index (χ4v) is 2.91.